The summed E-state index contributed by atoms with van der Waals surface area (Å²) in [5.74, 6) is -2.95. The molecule has 2 aromatic rings. The maximum Gasteiger partial charge on any atom is 0.490 e. The molecule has 0 aliphatic carbocycles. The van der Waals surface area contributed by atoms with E-state index in [0.717, 1.165) is 16.6 Å². The molecule has 0 bridgehead atoms. The largest absolute Gasteiger partial charge is 0.490 e. The van der Waals surface area contributed by atoms with E-state index >= 15 is 0 Å². The van der Waals surface area contributed by atoms with Gasteiger partial charge < -0.3 is 21.1 Å². The second-order valence-corrected chi connectivity index (χ2v) is 6.33. The van der Waals surface area contributed by atoms with Crippen LogP contribution in [0.15, 0.2) is 24.4 Å². The molecule has 1 aliphatic heterocycles. The Morgan fingerprint density at radius 1 is 1.34 bits per heavy atom. The summed E-state index contributed by atoms with van der Waals surface area (Å²) in [6.07, 6.45) is -2.34. The number of fused-ring (bicyclic) bond motifs is 1. The summed E-state index contributed by atoms with van der Waals surface area (Å²) in [4.78, 5) is 34.7. The minimum Gasteiger partial charge on any atom is -0.475 e. The van der Waals surface area contributed by atoms with Gasteiger partial charge >= 0.3 is 12.1 Å². The number of aromatic nitrogens is 2. The van der Waals surface area contributed by atoms with Crippen molar-refractivity contribution in [3.63, 3.8) is 0 Å². The number of likely N-dealkylation sites (tertiary alicyclic amines) is 1. The first-order chi connectivity index (χ1) is 13.6. The van der Waals surface area contributed by atoms with Crippen LogP contribution >= 0.6 is 0 Å². The third-order valence-corrected chi connectivity index (χ3v) is 4.22. The third kappa shape index (κ3) is 6.17. The van der Waals surface area contributed by atoms with Crippen LogP contribution in [0.5, 0.6) is 0 Å². The number of hydrogen-bond donors (Lipinski definition) is 4. The molecular formula is C17H20F3N5O4. The third-order valence-electron chi connectivity index (χ3n) is 4.22. The van der Waals surface area contributed by atoms with Gasteiger partial charge in [-0.15, -0.1) is 0 Å². The SMILES string of the molecule is NCCC(=O)N1CCC(C(=O)Nc2ccc3[nH]ncc3c2)C1.O=C(O)C(F)(F)F. The van der Waals surface area contributed by atoms with Gasteiger partial charge in [-0.2, -0.15) is 18.3 Å². The fourth-order valence-corrected chi connectivity index (χ4v) is 2.75. The average molecular weight is 415 g/mol. The van der Waals surface area contributed by atoms with Gasteiger partial charge in [0.25, 0.3) is 0 Å². The number of carbonyl (C=O) groups excluding carboxylic acids is 2. The molecule has 1 fully saturated rings. The molecule has 1 aliphatic rings. The number of aliphatic carboxylic acids is 1. The Morgan fingerprint density at radius 3 is 2.66 bits per heavy atom. The number of carbonyl (C=O) groups is 3. The van der Waals surface area contributed by atoms with Gasteiger partial charge in [-0.3, -0.25) is 14.7 Å². The van der Waals surface area contributed by atoms with E-state index in [9.17, 15) is 22.8 Å². The standard InChI is InChI=1S/C15H19N5O2.C2HF3O2/c16-5-3-14(21)20-6-4-10(9-20)15(22)18-12-1-2-13-11(7-12)8-17-19-13;3-2(4,5)1(6)7/h1-2,7-8,10H,3-6,9,16H2,(H,17,19)(H,18,22);(H,6,7). The Bertz CT molecular complexity index is 883. The highest BCUT2D eigenvalue weighted by atomic mass is 19.4. The molecule has 5 N–H and O–H groups in total. The molecule has 3 rings (SSSR count). The van der Waals surface area contributed by atoms with Crippen molar-refractivity contribution in [2.24, 2.45) is 11.7 Å². The summed E-state index contributed by atoms with van der Waals surface area (Å²) < 4.78 is 31.7. The molecule has 1 aromatic carbocycles. The van der Waals surface area contributed by atoms with Crippen molar-refractivity contribution in [1.82, 2.24) is 15.1 Å². The maximum absolute atomic E-state index is 12.3. The average Bonchev–Trinajstić information content (AvgIpc) is 3.31. The van der Waals surface area contributed by atoms with Crippen molar-refractivity contribution in [3.05, 3.63) is 24.4 Å². The number of benzene rings is 1. The zero-order valence-electron chi connectivity index (χ0n) is 15.2. The molecule has 2 amide bonds. The number of alkyl halides is 3. The van der Waals surface area contributed by atoms with E-state index < -0.39 is 12.1 Å². The number of hydrogen-bond acceptors (Lipinski definition) is 5. The van der Waals surface area contributed by atoms with Crippen LogP contribution in [0.2, 0.25) is 0 Å². The van der Waals surface area contributed by atoms with Crippen LogP contribution in [-0.4, -0.2) is 63.8 Å². The van der Waals surface area contributed by atoms with Crippen LogP contribution in [0.25, 0.3) is 10.9 Å². The van der Waals surface area contributed by atoms with E-state index in [-0.39, 0.29) is 17.7 Å². The molecule has 0 radical (unpaired) electrons. The molecule has 1 unspecified atom stereocenters. The van der Waals surface area contributed by atoms with Gasteiger partial charge in [0.15, 0.2) is 0 Å². The highest BCUT2D eigenvalue weighted by molar-refractivity contribution is 5.95. The summed E-state index contributed by atoms with van der Waals surface area (Å²) in [6.45, 7) is 1.44. The zero-order valence-corrected chi connectivity index (χ0v) is 15.2. The lowest BCUT2D eigenvalue weighted by molar-refractivity contribution is -0.192. The van der Waals surface area contributed by atoms with Gasteiger partial charge in [0, 0.05) is 37.1 Å². The number of carboxylic acids is 1. The van der Waals surface area contributed by atoms with E-state index in [4.69, 9.17) is 15.6 Å². The van der Waals surface area contributed by atoms with E-state index in [1.54, 1.807) is 11.1 Å². The van der Waals surface area contributed by atoms with Crippen LogP contribution in [0, 0.1) is 5.92 Å². The molecule has 2 heterocycles. The van der Waals surface area contributed by atoms with E-state index in [2.05, 4.69) is 15.5 Å². The molecule has 1 aromatic heterocycles. The van der Waals surface area contributed by atoms with Crippen LogP contribution < -0.4 is 11.1 Å². The van der Waals surface area contributed by atoms with Crippen molar-refractivity contribution in [2.45, 2.75) is 19.0 Å². The minimum atomic E-state index is -5.08. The van der Waals surface area contributed by atoms with E-state index in [1.165, 1.54) is 0 Å². The summed E-state index contributed by atoms with van der Waals surface area (Å²) in [7, 11) is 0. The summed E-state index contributed by atoms with van der Waals surface area (Å²) in [5, 5.41) is 17.8. The lowest BCUT2D eigenvalue weighted by Crippen LogP contribution is -2.32. The first-order valence-electron chi connectivity index (χ1n) is 8.63. The topological polar surface area (TPSA) is 141 Å². The Balaban J connectivity index is 0.000000370. The Kier molecular flexibility index (Phi) is 7.15. The van der Waals surface area contributed by atoms with Crippen molar-refractivity contribution in [3.8, 4) is 0 Å². The minimum absolute atomic E-state index is 0.0256. The molecule has 1 atom stereocenters. The van der Waals surface area contributed by atoms with Gasteiger partial charge in [-0.25, -0.2) is 4.79 Å². The Hall–Kier alpha value is -3.15. The van der Waals surface area contributed by atoms with Gasteiger partial charge in [-0.05, 0) is 24.6 Å². The highest BCUT2D eigenvalue weighted by Gasteiger charge is 2.38. The predicted octanol–water partition coefficient (Wildman–Crippen LogP) is 1.33. The quantitative estimate of drug-likeness (QED) is 0.594. The van der Waals surface area contributed by atoms with Crippen LogP contribution in [0.4, 0.5) is 18.9 Å². The Morgan fingerprint density at radius 2 is 2.03 bits per heavy atom. The number of aromatic amines is 1. The lowest BCUT2D eigenvalue weighted by atomic mass is 10.1. The summed E-state index contributed by atoms with van der Waals surface area (Å²) in [5.41, 5.74) is 7.07. The molecule has 0 spiro atoms. The van der Waals surface area contributed by atoms with Crippen LogP contribution in [-0.2, 0) is 14.4 Å². The Labute approximate surface area is 163 Å². The molecule has 158 valence electrons. The van der Waals surface area contributed by atoms with Gasteiger partial charge in [0.1, 0.15) is 0 Å². The number of rotatable bonds is 4. The van der Waals surface area contributed by atoms with Gasteiger partial charge in [0.05, 0.1) is 17.6 Å². The number of nitrogens with two attached hydrogens (primary N) is 1. The lowest BCUT2D eigenvalue weighted by Gasteiger charge is -2.16. The van der Waals surface area contributed by atoms with Crippen LogP contribution in [0.1, 0.15) is 12.8 Å². The molecule has 0 saturated carbocycles. The number of nitrogens with one attached hydrogen (secondary N) is 2. The van der Waals surface area contributed by atoms with E-state index in [0.29, 0.717) is 32.5 Å². The molecular weight excluding hydrogens is 395 g/mol. The molecule has 12 heteroatoms. The normalized spacial score (nSPS) is 16.3. The van der Waals surface area contributed by atoms with E-state index in [1.807, 2.05) is 18.2 Å². The first-order valence-corrected chi connectivity index (χ1v) is 8.63. The van der Waals surface area contributed by atoms with Crippen molar-refractivity contribution in [1.29, 1.82) is 0 Å². The van der Waals surface area contributed by atoms with Gasteiger partial charge in [-0.1, -0.05) is 0 Å². The van der Waals surface area contributed by atoms with Crippen molar-refractivity contribution >= 4 is 34.4 Å². The highest BCUT2D eigenvalue weighted by Crippen LogP contribution is 2.21. The number of H-pyrrole nitrogens is 1. The molecule has 1 saturated heterocycles. The fourth-order valence-electron chi connectivity index (χ4n) is 2.75. The number of amides is 2. The summed E-state index contributed by atoms with van der Waals surface area (Å²) in [6, 6.07) is 5.59. The second-order valence-electron chi connectivity index (χ2n) is 6.33. The first kappa shape index (κ1) is 22.1. The number of carboxylic acid groups (broad SMARTS) is 1. The molecule has 29 heavy (non-hydrogen) atoms. The number of nitrogens with zero attached hydrogens (tertiary/aromatic N) is 2. The smallest absolute Gasteiger partial charge is 0.475 e. The predicted molar refractivity (Wildman–Crippen MR) is 96.8 cm³/mol. The van der Waals surface area contributed by atoms with Crippen molar-refractivity contribution in [2.75, 3.05) is 25.0 Å². The summed E-state index contributed by atoms with van der Waals surface area (Å²) >= 11 is 0. The van der Waals surface area contributed by atoms with Crippen LogP contribution in [0.3, 0.4) is 0 Å². The maximum atomic E-state index is 12.3. The van der Waals surface area contributed by atoms with Gasteiger partial charge in [0.2, 0.25) is 11.8 Å². The fraction of sp³-hybridized carbons (Fsp3) is 0.412. The zero-order chi connectivity index (χ0) is 21.6. The number of halogens is 3. The van der Waals surface area contributed by atoms with Crippen molar-refractivity contribution < 1.29 is 32.7 Å². The second kappa shape index (κ2) is 9.37. The monoisotopic (exact) mass is 415 g/mol. The molecule has 9 nitrogen and oxygen atoms in total. The number of anilines is 1.